The molecular weight excluding hydrogens is 252 g/mol. The van der Waals surface area contributed by atoms with Gasteiger partial charge >= 0.3 is 0 Å². The van der Waals surface area contributed by atoms with Crippen molar-refractivity contribution in [1.82, 2.24) is 0 Å². The molecule has 2 fully saturated rings. The lowest BCUT2D eigenvalue weighted by molar-refractivity contribution is -0.384. The first kappa shape index (κ1) is 14.1. The third-order valence-corrected chi connectivity index (χ3v) is 2.76. The smallest absolute Gasteiger partial charge is 0.207 e. The summed E-state index contributed by atoms with van der Waals surface area (Å²) < 4.78 is 19.8. The van der Waals surface area contributed by atoms with Crippen molar-refractivity contribution < 1.29 is 44.5 Å². The second-order valence-electron chi connectivity index (χ2n) is 4.03. The van der Waals surface area contributed by atoms with Gasteiger partial charge in [0.2, 0.25) is 25.2 Å². The highest BCUT2D eigenvalue weighted by Gasteiger charge is 2.44. The SMILES string of the molecule is OCC1OC(O)C(O)OC1C1COC(O)C(O)O1. The topological polar surface area (TPSA) is 138 Å². The van der Waals surface area contributed by atoms with Gasteiger partial charge in [-0.2, -0.15) is 0 Å². The van der Waals surface area contributed by atoms with Gasteiger partial charge in [0.25, 0.3) is 0 Å². The first-order valence-electron chi connectivity index (χ1n) is 5.44. The molecule has 9 heteroatoms. The van der Waals surface area contributed by atoms with Crippen molar-refractivity contribution in [2.45, 2.75) is 43.5 Å². The molecule has 0 aromatic carbocycles. The fourth-order valence-electron chi connectivity index (χ4n) is 1.85. The van der Waals surface area contributed by atoms with Crippen LogP contribution in [0.4, 0.5) is 0 Å². The maximum atomic E-state index is 9.32. The Morgan fingerprint density at radius 1 is 0.833 bits per heavy atom. The van der Waals surface area contributed by atoms with E-state index in [-0.39, 0.29) is 6.61 Å². The predicted octanol–water partition coefficient (Wildman–Crippen LogP) is -3.55. The van der Waals surface area contributed by atoms with Gasteiger partial charge in [-0.25, -0.2) is 0 Å². The molecule has 0 radical (unpaired) electrons. The third-order valence-electron chi connectivity index (χ3n) is 2.76. The Morgan fingerprint density at radius 2 is 1.44 bits per heavy atom. The summed E-state index contributed by atoms with van der Waals surface area (Å²) >= 11 is 0. The molecule has 0 aliphatic carbocycles. The average Bonchev–Trinajstić information content (AvgIpc) is 2.35. The van der Waals surface area contributed by atoms with Gasteiger partial charge in [0.1, 0.15) is 18.3 Å². The Kier molecular flexibility index (Phi) is 4.48. The van der Waals surface area contributed by atoms with Crippen LogP contribution in [0.1, 0.15) is 0 Å². The van der Waals surface area contributed by atoms with E-state index in [0.29, 0.717) is 0 Å². The van der Waals surface area contributed by atoms with E-state index in [4.69, 9.17) is 29.2 Å². The Hall–Kier alpha value is -0.360. The maximum absolute atomic E-state index is 9.32. The molecule has 7 unspecified atom stereocenters. The lowest BCUT2D eigenvalue weighted by atomic mass is 10.1. The average molecular weight is 268 g/mol. The lowest BCUT2D eigenvalue weighted by Gasteiger charge is -2.42. The minimum Gasteiger partial charge on any atom is -0.394 e. The van der Waals surface area contributed by atoms with E-state index in [9.17, 15) is 15.3 Å². The van der Waals surface area contributed by atoms with E-state index in [1.54, 1.807) is 0 Å². The highest BCUT2D eigenvalue weighted by atomic mass is 16.8. The molecule has 0 aromatic heterocycles. The normalized spacial score (nSPS) is 50.2. The molecule has 0 saturated carbocycles. The van der Waals surface area contributed by atoms with Crippen LogP contribution in [0.2, 0.25) is 0 Å². The number of hydrogen-bond donors (Lipinski definition) is 5. The summed E-state index contributed by atoms with van der Waals surface area (Å²) in [5.74, 6) is 0. The molecule has 106 valence electrons. The number of aliphatic hydroxyl groups is 5. The molecule has 0 aromatic rings. The summed E-state index contributed by atoms with van der Waals surface area (Å²) in [6, 6.07) is 0. The van der Waals surface area contributed by atoms with E-state index in [0.717, 1.165) is 0 Å². The molecule has 18 heavy (non-hydrogen) atoms. The van der Waals surface area contributed by atoms with E-state index in [2.05, 4.69) is 0 Å². The number of hydrogen-bond acceptors (Lipinski definition) is 9. The minimum absolute atomic E-state index is 0.119. The van der Waals surface area contributed by atoms with Gasteiger partial charge in [-0.05, 0) is 0 Å². The highest BCUT2D eigenvalue weighted by Crippen LogP contribution is 2.25. The second kappa shape index (κ2) is 5.74. The molecule has 0 bridgehead atoms. The lowest BCUT2D eigenvalue weighted by Crippen LogP contribution is -2.59. The standard InChI is InChI=1S/C9H16O9/c10-1-3-5(18-9(14)8(13)16-3)4-2-15-6(11)7(12)17-4/h3-14H,1-2H2. The zero-order chi connectivity index (χ0) is 13.3. The summed E-state index contributed by atoms with van der Waals surface area (Å²) in [5.41, 5.74) is 0. The zero-order valence-electron chi connectivity index (χ0n) is 9.32. The largest absolute Gasteiger partial charge is 0.394 e. The molecule has 2 saturated heterocycles. The van der Waals surface area contributed by atoms with E-state index >= 15 is 0 Å². The van der Waals surface area contributed by atoms with Crippen molar-refractivity contribution in [2.24, 2.45) is 0 Å². The highest BCUT2D eigenvalue weighted by molar-refractivity contribution is 4.85. The van der Waals surface area contributed by atoms with Crippen LogP contribution in [0.3, 0.4) is 0 Å². The monoisotopic (exact) mass is 268 g/mol. The fourth-order valence-corrected chi connectivity index (χ4v) is 1.85. The van der Waals surface area contributed by atoms with E-state index < -0.39 is 50.1 Å². The van der Waals surface area contributed by atoms with Crippen molar-refractivity contribution in [2.75, 3.05) is 13.2 Å². The second-order valence-corrected chi connectivity index (χ2v) is 4.03. The summed E-state index contributed by atoms with van der Waals surface area (Å²) in [7, 11) is 0. The molecule has 2 aliphatic heterocycles. The van der Waals surface area contributed by atoms with Crippen molar-refractivity contribution in [3.63, 3.8) is 0 Å². The fraction of sp³-hybridized carbons (Fsp3) is 1.00. The van der Waals surface area contributed by atoms with Crippen LogP contribution in [0.25, 0.3) is 0 Å². The Balaban J connectivity index is 2.01. The van der Waals surface area contributed by atoms with Gasteiger partial charge in [-0.3, -0.25) is 0 Å². The Labute approximate surface area is 102 Å². The summed E-state index contributed by atoms with van der Waals surface area (Å²) in [6.45, 7) is -0.599. The molecule has 2 aliphatic rings. The molecule has 5 N–H and O–H groups in total. The summed E-state index contributed by atoms with van der Waals surface area (Å²) in [4.78, 5) is 0. The molecule has 0 spiro atoms. The number of ether oxygens (including phenoxy) is 4. The van der Waals surface area contributed by atoms with Crippen LogP contribution < -0.4 is 0 Å². The molecule has 7 atom stereocenters. The van der Waals surface area contributed by atoms with Crippen LogP contribution in [-0.4, -0.2) is 82.2 Å². The van der Waals surface area contributed by atoms with Crippen LogP contribution >= 0.6 is 0 Å². The van der Waals surface area contributed by atoms with Gasteiger partial charge in [0.15, 0.2) is 0 Å². The van der Waals surface area contributed by atoms with Gasteiger partial charge in [-0.1, -0.05) is 0 Å². The first-order valence-corrected chi connectivity index (χ1v) is 5.44. The van der Waals surface area contributed by atoms with Gasteiger partial charge in [0.05, 0.1) is 13.2 Å². The zero-order valence-corrected chi connectivity index (χ0v) is 9.32. The predicted molar refractivity (Wildman–Crippen MR) is 51.7 cm³/mol. The van der Waals surface area contributed by atoms with Gasteiger partial charge < -0.3 is 44.5 Å². The van der Waals surface area contributed by atoms with Crippen molar-refractivity contribution in [1.29, 1.82) is 0 Å². The quantitative estimate of drug-likeness (QED) is 0.344. The number of aliphatic hydroxyl groups excluding tert-OH is 5. The van der Waals surface area contributed by atoms with E-state index in [1.165, 1.54) is 0 Å². The van der Waals surface area contributed by atoms with Crippen LogP contribution in [0, 0.1) is 0 Å². The summed E-state index contributed by atoms with van der Waals surface area (Å²) in [5, 5.41) is 46.0. The third kappa shape index (κ3) is 2.79. The minimum atomic E-state index is -1.59. The number of rotatable bonds is 2. The molecule has 2 heterocycles. The van der Waals surface area contributed by atoms with Crippen LogP contribution in [0.5, 0.6) is 0 Å². The first-order chi connectivity index (χ1) is 8.52. The molecule has 0 amide bonds. The van der Waals surface area contributed by atoms with Crippen LogP contribution in [-0.2, 0) is 18.9 Å². The summed E-state index contributed by atoms with van der Waals surface area (Å²) in [6.07, 6.45) is -8.94. The van der Waals surface area contributed by atoms with E-state index in [1.807, 2.05) is 0 Å². The molecular formula is C9H16O9. The Bertz CT molecular complexity index is 275. The van der Waals surface area contributed by atoms with Crippen LogP contribution in [0.15, 0.2) is 0 Å². The van der Waals surface area contributed by atoms with Gasteiger partial charge in [-0.15, -0.1) is 0 Å². The van der Waals surface area contributed by atoms with Crippen molar-refractivity contribution >= 4 is 0 Å². The van der Waals surface area contributed by atoms with Crippen molar-refractivity contribution in [3.8, 4) is 0 Å². The van der Waals surface area contributed by atoms with Gasteiger partial charge in [0, 0.05) is 0 Å². The van der Waals surface area contributed by atoms with Crippen molar-refractivity contribution in [3.05, 3.63) is 0 Å². The Morgan fingerprint density at radius 3 is 2.06 bits per heavy atom. The molecule has 2 rings (SSSR count). The molecule has 9 nitrogen and oxygen atoms in total. The maximum Gasteiger partial charge on any atom is 0.207 e.